The van der Waals surface area contributed by atoms with Crippen LogP contribution in [0.5, 0.6) is 0 Å². The Morgan fingerprint density at radius 2 is 1.83 bits per heavy atom. The molecule has 98 valence electrons. The molecule has 0 aliphatic heterocycles. The van der Waals surface area contributed by atoms with Gasteiger partial charge in [-0.25, -0.2) is 0 Å². The SMILES string of the molecule is CCNCC(=O)NCc1ccc(NC(C)=O)cc1. The highest BCUT2D eigenvalue weighted by atomic mass is 16.2. The van der Waals surface area contributed by atoms with Crippen LogP contribution in [0.25, 0.3) is 0 Å². The molecule has 1 aromatic rings. The quantitative estimate of drug-likeness (QED) is 0.700. The fourth-order valence-electron chi connectivity index (χ4n) is 1.41. The van der Waals surface area contributed by atoms with Crippen molar-refractivity contribution in [1.29, 1.82) is 0 Å². The molecule has 5 nitrogen and oxygen atoms in total. The highest BCUT2D eigenvalue weighted by Crippen LogP contribution is 2.09. The number of hydrogen-bond donors (Lipinski definition) is 3. The van der Waals surface area contributed by atoms with Crippen LogP contribution >= 0.6 is 0 Å². The molecule has 0 heterocycles. The van der Waals surface area contributed by atoms with Crippen LogP contribution in [0, 0.1) is 0 Å². The Labute approximate surface area is 107 Å². The van der Waals surface area contributed by atoms with Crippen molar-refractivity contribution in [3.8, 4) is 0 Å². The van der Waals surface area contributed by atoms with Gasteiger partial charge >= 0.3 is 0 Å². The Balaban J connectivity index is 2.39. The number of likely N-dealkylation sites (N-methyl/N-ethyl adjacent to an activating group) is 1. The van der Waals surface area contributed by atoms with Crippen LogP contribution in [-0.2, 0) is 16.1 Å². The zero-order valence-corrected chi connectivity index (χ0v) is 10.7. The van der Waals surface area contributed by atoms with Crippen molar-refractivity contribution < 1.29 is 9.59 Å². The summed E-state index contributed by atoms with van der Waals surface area (Å²) in [5, 5.41) is 8.45. The number of anilines is 1. The van der Waals surface area contributed by atoms with E-state index < -0.39 is 0 Å². The van der Waals surface area contributed by atoms with Gasteiger partial charge in [0.25, 0.3) is 0 Å². The second kappa shape index (κ2) is 7.45. The third-order valence-electron chi connectivity index (χ3n) is 2.30. The van der Waals surface area contributed by atoms with Crippen molar-refractivity contribution in [2.45, 2.75) is 20.4 Å². The Hall–Kier alpha value is -1.88. The van der Waals surface area contributed by atoms with Gasteiger partial charge in [0.15, 0.2) is 0 Å². The molecule has 5 heteroatoms. The minimum atomic E-state index is -0.0957. The van der Waals surface area contributed by atoms with E-state index in [0.717, 1.165) is 17.8 Å². The lowest BCUT2D eigenvalue weighted by atomic mass is 10.2. The number of rotatable bonds is 6. The van der Waals surface area contributed by atoms with Crippen LogP contribution in [0.1, 0.15) is 19.4 Å². The van der Waals surface area contributed by atoms with E-state index in [1.54, 1.807) is 0 Å². The van der Waals surface area contributed by atoms with Gasteiger partial charge in [-0.2, -0.15) is 0 Å². The molecule has 0 spiro atoms. The minimum absolute atomic E-state index is 0.0252. The van der Waals surface area contributed by atoms with Crippen LogP contribution in [0.3, 0.4) is 0 Å². The summed E-state index contributed by atoms with van der Waals surface area (Å²) >= 11 is 0. The van der Waals surface area contributed by atoms with Crippen molar-refractivity contribution in [2.24, 2.45) is 0 Å². The van der Waals surface area contributed by atoms with Crippen LogP contribution in [0.4, 0.5) is 5.69 Å². The van der Waals surface area contributed by atoms with Crippen LogP contribution < -0.4 is 16.0 Å². The topological polar surface area (TPSA) is 70.2 Å². The lowest BCUT2D eigenvalue weighted by Gasteiger charge is -2.07. The first-order valence-electron chi connectivity index (χ1n) is 5.95. The van der Waals surface area contributed by atoms with E-state index >= 15 is 0 Å². The Morgan fingerprint density at radius 1 is 1.17 bits per heavy atom. The van der Waals surface area contributed by atoms with E-state index in [1.165, 1.54) is 6.92 Å². The highest BCUT2D eigenvalue weighted by Gasteiger charge is 2.00. The fourth-order valence-corrected chi connectivity index (χ4v) is 1.41. The first kappa shape index (κ1) is 14.2. The normalized spacial score (nSPS) is 9.89. The molecular formula is C13H19N3O2. The average molecular weight is 249 g/mol. The summed E-state index contributed by atoms with van der Waals surface area (Å²) in [4.78, 5) is 22.2. The molecule has 0 aliphatic carbocycles. The molecule has 0 aliphatic rings. The summed E-state index contributed by atoms with van der Waals surface area (Å²) in [7, 11) is 0. The largest absolute Gasteiger partial charge is 0.351 e. The van der Waals surface area contributed by atoms with Gasteiger partial charge in [-0.05, 0) is 24.2 Å². The van der Waals surface area contributed by atoms with Gasteiger partial charge in [0.2, 0.25) is 11.8 Å². The van der Waals surface area contributed by atoms with Crippen LogP contribution in [0.2, 0.25) is 0 Å². The van der Waals surface area contributed by atoms with E-state index in [0.29, 0.717) is 13.1 Å². The molecule has 0 bridgehead atoms. The van der Waals surface area contributed by atoms with Gasteiger partial charge < -0.3 is 16.0 Å². The summed E-state index contributed by atoms with van der Waals surface area (Å²) in [6.45, 7) is 5.02. The number of carbonyl (C=O) groups excluding carboxylic acids is 2. The van der Waals surface area contributed by atoms with Crippen molar-refractivity contribution in [1.82, 2.24) is 10.6 Å². The van der Waals surface area contributed by atoms with Gasteiger partial charge in [-0.3, -0.25) is 9.59 Å². The van der Waals surface area contributed by atoms with Crippen molar-refractivity contribution >= 4 is 17.5 Å². The summed E-state index contributed by atoms with van der Waals surface area (Å²) in [6, 6.07) is 7.37. The summed E-state index contributed by atoms with van der Waals surface area (Å²) in [5.41, 5.74) is 1.75. The van der Waals surface area contributed by atoms with Gasteiger partial charge in [-0.1, -0.05) is 19.1 Å². The zero-order valence-electron chi connectivity index (χ0n) is 10.7. The summed E-state index contributed by atoms with van der Waals surface area (Å²) in [5.74, 6) is -0.121. The molecule has 0 fully saturated rings. The molecule has 1 aromatic carbocycles. The van der Waals surface area contributed by atoms with Crippen LogP contribution in [-0.4, -0.2) is 24.9 Å². The molecule has 0 unspecified atom stereocenters. The maximum absolute atomic E-state index is 11.4. The van der Waals surface area contributed by atoms with Crippen molar-refractivity contribution in [2.75, 3.05) is 18.4 Å². The highest BCUT2D eigenvalue weighted by molar-refractivity contribution is 5.88. The summed E-state index contributed by atoms with van der Waals surface area (Å²) in [6.07, 6.45) is 0. The number of nitrogens with one attached hydrogen (secondary N) is 3. The zero-order chi connectivity index (χ0) is 13.4. The molecule has 0 radical (unpaired) electrons. The molecule has 0 atom stereocenters. The first-order chi connectivity index (χ1) is 8.61. The second-order valence-corrected chi connectivity index (χ2v) is 3.94. The Bertz CT molecular complexity index is 401. The van der Waals surface area contributed by atoms with Crippen molar-refractivity contribution in [3.05, 3.63) is 29.8 Å². The van der Waals surface area contributed by atoms with E-state index in [1.807, 2.05) is 31.2 Å². The number of hydrogen-bond acceptors (Lipinski definition) is 3. The number of benzene rings is 1. The first-order valence-corrected chi connectivity index (χ1v) is 5.95. The Morgan fingerprint density at radius 3 is 2.39 bits per heavy atom. The standard InChI is InChI=1S/C13H19N3O2/c1-3-14-9-13(18)15-8-11-4-6-12(7-5-11)16-10(2)17/h4-7,14H,3,8-9H2,1-2H3,(H,15,18)(H,16,17). The summed E-state index contributed by atoms with van der Waals surface area (Å²) < 4.78 is 0. The minimum Gasteiger partial charge on any atom is -0.351 e. The van der Waals surface area contributed by atoms with Gasteiger partial charge in [0, 0.05) is 19.2 Å². The molecular weight excluding hydrogens is 230 g/mol. The lowest BCUT2D eigenvalue weighted by Crippen LogP contribution is -2.33. The van der Waals surface area contributed by atoms with Gasteiger partial charge in [-0.15, -0.1) is 0 Å². The Kier molecular flexibility index (Phi) is 5.87. The molecule has 3 N–H and O–H groups in total. The third-order valence-corrected chi connectivity index (χ3v) is 2.30. The molecule has 0 aromatic heterocycles. The third kappa shape index (κ3) is 5.45. The average Bonchev–Trinajstić information content (AvgIpc) is 2.35. The molecule has 0 saturated carbocycles. The smallest absolute Gasteiger partial charge is 0.234 e. The van der Waals surface area contributed by atoms with Gasteiger partial charge in [0.05, 0.1) is 6.54 Å². The molecule has 2 amide bonds. The van der Waals surface area contributed by atoms with E-state index in [-0.39, 0.29) is 11.8 Å². The molecule has 18 heavy (non-hydrogen) atoms. The van der Waals surface area contributed by atoms with E-state index in [2.05, 4.69) is 16.0 Å². The number of amides is 2. The van der Waals surface area contributed by atoms with E-state index in [4.69, 9.17) is 0 Å². The maximum atomic E-state index is 11.4. The van der Waals surface area contributed by atoms with Gasteiger partial charge in [0.1, 0.15) is 0 Å². The predicted octanol–water partition coefficient (Wildman–Crippen LogP) is 0.871. The maximum Gasteiger partial charge on any atom is 0.234 e. The predicted molar refractivity (Wildman–Crippen MR) is 71.1 cm³/mol. The van der Waals surface area contributed by atoms with Crippen molar-refractivity contribution in [3.63, 3.8) is 0 Å². The molecule has 0 saturated heterocycles. The van der Waals surface area contributed by atoms with E-state index in [9.17, 15) is 9.59 Å². The number of carbonyl (C=O) groups is 2. The monoisotopic (exact) mass is 249 g/mol. The molecule has 1 rings (SSSR count). The lowest BCUT2D eigenvalue weighted by molar-refractivity contribution is -0.120. The van der Waals surface area contributed by atoms with Crippen LogP contribution in [0.15, 0.2) is 24.3 Å². The second-order valence-electron chi connectivity index (χ2n) is 3.94. The fraction of sp³-hybridized carbons (Fsp3) is 0.385.